The van der Waals surface area contributed by atoms with Crippen molar-refractivity contribution in [2.45, 2.75) is 18.8 Å². The molecule has 0 saturated carbocycles. The van der Waals surface area contributed by atoms with Gasteiger partial charge < -0.3 is 4.74 Å². The molecule has 3 rings (SSSR count). The van der Waals surface area contributed by atoms with E-state index in [2.05, 4.69) is 4.98 Å². The van der Waals surface area contributed by atoms with E-state index >= 15 is 0 Å². The number of sulfonamides is 1. The zero-order valence-corrected chi connectivity index (χ0v) is 14.2. The van der Waals surface area contributed by atoms with Crippen LogP contribution >= 0.6 is 11.6 Å². The van der Waals surface area contributed by atoms with Crippen molar-refractivity contribution in [2.24, 2.45) is 0 Å². The molecule has 0 spiro atoms. The topological polar surface area (TPSA) is 59.5 Å². The summed E-state index contributed by atoms with van der Waals surface area (Å²) in [6.07, 6.45) is 1.38. The highest BCUT2D eigenvalue weighted by atomic mass is 35.5. The van der Waals surface area contributed by atoms with Crippen LogP contribution in [0.25, 0.3) is 0 Å². The molecule has 1 aromatic carbocycles. The standard InChI is InChI=1S/C16H17ClN2O3S/c1-12-4-2-5-13(8-12)11-23(20,21)19-9-14(10-19)22-16-15(17)6-3-7-18-16/h2-8,14H,9-11H2,1H3. The van der Waals surface area contributed by atoms with Gasteiger partial charge in [-0.15, -0.1) is 0 Å². The van der Waals surface area contributed by atoms with Gasteiger partial charge in [-0.3, -0.25) is 0 Å². The summed E-state index contributed by atoms with van der Waals surface area (Å²) >= 11 is 5.98. The van der Waals surface area contributed by atoms with Crippen molar-refractivity contribution in [1.82, 2.24) is 9.29 Å². The molecule has 1 aliphatic heterocycles. The molecule has 0 bridgehead atoms. The van der Waals surface area contributed by atoms with Gasteiger partial charge in [0.2, 0.25) is 15.9 Å². The number of nitrogens with zero attached hydrogens (tertiary/aromatic N) is 2. The molecule has 0 unspecified atom stereocenters. The Balaban J connectivity index is 1.59. The average molecular weight is 353 g/mol. The van der Waals surface area contributed by atoms with Crippen LogP contribution in [-0.2, 0) is 15.8 Å². The van der Waals surface area contributed by atoms with Crippen molar-refractivity contribution in [3.05, 3.63) is 58.7 Å². The van der Waals surface area contributed by atoms with Crippen molar-refractivity contribution in [3.63, 3.8) is 0 Å². The number of hydrogen-bond donors (Lipinski definition) is 0. The van der Waals surface area contributed by atoms with Crippen molar-refractivity contribution >= 4 is 21.6 Å². The van der Waals surface area contributed by atoms with Gasteiger partial charge in [0, 0.05) is 6.20 Å². The third kappa shape index (κ3) is 3.83. The van der Waals surface area contributed by atoms with Gasteiger partial charge in [0.1, 0.15) is 11.1 Å². The fourth-order valence-electron chi connectivity index (χ4n) is 2.42. The fraction of sp³-hybridized carbons (Fsp3) is 0.312. The predicted molar refractivity (Wildman–Crippen MR) is 89.0 cm³/mol. The van der Waals surface area contributed by atoms with E-state index in [1.807, 2.05) is 31.2 Å². The Morgan fingerprint density at radius 1 is 1.30 bits per heavy atom. The molecule has 1 aliphatic rings. The molecule has 0 aliphatic carbocycles. The fourth-order valence-corrected chi connectivity index (χ4v) is 4.16. The number of ether oxygens (including phenoxy) is 1. The number of aryl methyl sites for hydroxylation is 1. The lowest BCUT2D eigenvalue weighted by Crippen LogP contribution is -2.56. The molecule has 2 heterocycles. The molecule has 1 fully saturated rings. The molecule has 0 radical (unpaired) electrons. The summed E-state index contributed by atoms with van der Waals surface area (Å²) in [7, 11) is -3.33. The minimum atomic E-state index is -3.33. The summed E-state index contributed by atoms with van der Waals surface area (Å²) in [6, 6.07) is 10.9. The monoisotopic (exact) mass is 352 g/mol. The lowest BCUT2D eigenvalue weighted by molar-refractivity contribution is 0.0721. The minimum absolute atomic E-state index is 0.00570. The summed E-state index contributed by atoms with van der Waals surface area (Å²) in [6.45, 7) is 2.59. The lowest BCUT2D eigenvalue weighted by atomic mass is 10.2. The highest BCUT2D eigenvalue weighted by molar-refractivity contribution is 7.88. The third-order valence-electron chi connectivity index (χ3n) is 3.64. The highest BCUT2D eigenvalue weighted by Crippen LogP contribution is 2.26. The first kappa shape index (κ1) is 16.2. The summed E-state index contributed by atoms with van der Waals surface area (Å²) in [4.78, 5) is 4.04. The highest BCUT2D eigenvalue weighted by Gasteiger charge is 2.37. The van der Waals surface area contributed by atoms with Crippen LogP contribution in [0.1, 0.15) is 11.1 Å². The minimum Gasteiger partial charge on any atom is -0.470 e. The Morgan fingerprint density at radius 2 is 2.09 bits per heavy atom. The van der Waals surface area contributed by atoms with Gasteiger partial charge in [-0.05, 0) is 24.6 Å². The first-order chi connectivity index (χ1) is 10.9. The van der Waals surface area contributed by atoms with Gasteiger partial charge in [-0.25, -0.2) is 13.4 Å². The van der Waals surface area contributed by atoms with E-state index in [0.29, 0.717) is 24.0 Å². The molecule has 5 nitrogen and oxygen atoms in total. The smallest absolute Gasteiger partial charge is 0.232 e. The Bertz CT molecular complexity index is 804. The van der Waals surface area contributed by atoms with Crippen molar-refractivity contribution in [1.29, 1.82) is 0 Å². The van der Waals surface area contributed by atoms with Crippen LogP contribution in [0, 0.1) is 6.92 Å². The summed E-state index contributed by atoms with van der Waals surface area (Å²) in [5.41, 5.74) is 1.84. The molecule has 0 amide bonds. The van der Waals surface area contributed by atoms with E-state index in [0.717, 1.165) is 11.1 Å². The molecule has 122 valence electrons. The maximum absolute atomic E-state index is 12.4. The van der Waals surface area contributed by atoms with Gasteiger partial charge >= 0.3 is 0 Å². The first-order valence-electron chi connectivity index (χ1n) is 7.24. The lowest BCUT2D eigenvalue weighted by Gasteiger charge is -2.37. The molecule has 2 aromatic rings. The Labute approximate surface area is 140 Å². The number of halogens is 1. The number of rotatable bonds is 5. The molecule has 0 atom stereocenters. The van der Waals surface area contributed by atoms with Gasteiger partial charge in [-0.1, -0.05) is 41.4 Å². The van der Waals surface area contributed by atoms with E-state index in [9.17, 15) is 8.42 Å². The van der Waals surface area contributed by atoms with Gasteiger partial charge in [-0.2, -0.15) is 4.31 Å². The van der Waals surface area contributed by atoms with E-state index in [1.165, 1.54) is 4.31 Å². The van der Waals surface area contributed by atoms with Gasteiger partial charge in [0.15, 0.2) is 0 Å². The Morgan fingerprint density at radius 3 is 2.78 bits per heavy atom. The molecule has 7 heteroatoms. The molecule has 1 aromatic heterocycles. The second kappa shape index (κ2) is 6.47. The molecular formula is C16H17ClN2O3S. The van der Waals surface area contributed by atoms with Gasteiger partial charge in [0.05, 0.1) is 18.8 Å². The van der Waals surface area contributed by atoms with Crippen molar-refractivity contribution in [3.8, 4) is 5.88 Å². The Kier molecular flexibility index (Phi) is 4.57. The number of benzene rings is 1. The Hall–Kier alpha value is -1.63. The SMILES string of the molecule is Cc1cccc(CS(=O)(=O)N2CC(Oc3ncccc3Cl)C2)c1. The van der Waals surface area contributed by atoms with Crippen LogP contribution in [0.15, 0.2) is 42.6 Å². The zero-order chi connectivity index (χ0) is 16.4. The van der Waals surface area contributed by atoms with Gasteiger partial charge in [0.25, 0.3) is 0 Å². The largest absolute Gasteiger partial charge is 0.470 e. The number of hydrogen-bond acceptors (Lipinski definition) is 4. The van der Waals surface area contributed by atoms with Crippen LogP contribution < -0.4 is 4.74 Å². The first-order valence-corrected chi connectivity index (χ1v) is 9.23. The molecule has 23 heavy (non-hydrogen) atoms. The molecule has 0 N–H and O–H groups in total. The molecular weight excluding hydrogens is 336 g/mol. The normalized spacial score (nSPS) is 16.1. The summed E-state index contributed by atoms with van der Waals surface area (Å²) < 4.78 is 31.8. The van der Waals surface area contributed by atoms with Crippen LogP contribution in [0.4, 0.5) is 0 Å². The quantitative estimate of drug-likeness (QED) is 0.830. The predicted octanol–water partition coefficient (Wildman–Crippen LogP) is 2.64. The zero-order valence-electron chi connectivity index (χ0n) is 12.6. The van der Waals surface area contributed by atoms with E-state index < -0.39 is 10.0 Å². The van der Waals surface area contributed by atoms with E-state index in [-0.39, 0.29) is 11.9 Å². The summed E-state index contributed by atoms with van der Waals surface area (Å²) in [5.74, 6) is 0.348. The number of aromatic nitrogens is 1. The van der Waals surface area contributed by atoms with Crippen molar-refractivity contribution < 1.29 is 13.2 Å². The van der Waals surface area contributed by atoms with Crippen LogP contribution in [0.2, 0.25) is 5.02 Å². The third-order valence-corrected chi connectivity index (χ3v) is 5.71. The van der Waals surface area contributed by atoms with Crippen molar-refractivity contribution in [2.75, 3.05) is 13.1 Å². The van der Waals surface area contributed by atoms with Crippen LogP contribution in [-0.4, -0.2) is 36.9 Å². The second-order valence-corrected chi connectivity index (χ2v) is 7.97. The van der Waals surface area contributed by atoms with Crippen LogP contribution in [0.5, 0.6) is 5.88 Å². The van der Waals surface area contributed by atoms with E-state index in [1.54, 1.807) is 18.3 Å². The second-order valence-electron chi connectivity index (χ2n) is 5.59. The maximum Gasteiger partial charge on any atom is 0.232 e. The molecule has 1 saturated heterocycles. The maximum atomic E-state index is 12.4. The van der Waals surface area contributed by atoms with Crippen LogP contribution in [0.3, 0.4) is 0 Å². The average Bonchev–Trinajstić information content (AvgIpc) is 2.43. The summed E-state index contributed by atoms with van der Waals surface area (Å²) in [5, 5.41) is 0.425. The number of pyridine rings is 1. The van der Waals surface area contributed by atoms with E-state index in [4.69, 9.17) is 16.3 Å².